The molecule has 19 aromatic rings. The summed E-state index contributed by atoms with van der Waals surface area (Å²) >= 11 is 0. The lowest BCUT2D eigenvalue weighted by Gasteiger charge is -2.22. The Kier molecular flexibility index (Phi) is 13.2. The molecule has 0 N–H and O–H groups in total. The lowest BCUT2D eigenvalue weighted by molar-refractivity contribution is 0.660. The summed E-state index contributed by atoms with van der Waals surface area (Å²) in [6, 6.07) is 125. The standard InChI is InChI=1S/C103H73N5/c1-101(2)86-34-13-7-28-74(86)77-46-40-62(55-89(77)101)65-43-49-83-80-31-10-16-37-94(80)106(97(83)58-65)71-25-19-22-68(52-71)92-61-93(69-23-20-26-72(53-69)107-95-38-17-11-32-81(95)84-50-44-66(59-98(84)107)63-41-47-78-75-29-8-14-35-87(75)102(3,4)90(78)56-63)105-100(104-92)70-24-21-27-73(54-70)108-96-39-18-12-33-82(96)85-51-45-67(60-99(85)108)64-42-48-79-76-30-9-15-36-88(76)103(5,6)91(79)57-64/h7-61H,1-6H3. The van der Waals surface area contributed by atoms with Crippen LogP contribution in [0.3, 0.4) is 0 Å². The Balaban J connectivity index is 0.701. The van der Waals surface area contributed by atoms with Crippen LogP contribution in [0.4, 0.5) is 0 Å². The zero-order valence-corrected chi connectivity index (χ0v) is 61.0. The number of fused-ring (bicyclic) bond motifs is 18. The SMILES string of the molecule is CC1(C)c2ccccc2-c2ccc(-c3ccc4c5ccccc5n(-c5cccc(-c6cc(-c7cccc(-n8c9ccccc9c9ccc(-c%10ccc%11c(c%10)C(C)(C)c%10ccccc%10-%11)cc98)c7)nc(-c7cccc(-n8c9ccccc9c9ccc(-c%10ccc%11c(c%10)C(C)(C)c%10ccccc%10-%11)cc98)c7)n6)c5)c4c3)cc21. The van der Waals surface area contributed by atoms with Crippen molar-refractivity contribution in [1.29, 1.82) is 0 Å². The molecule has 0 aliphatic heterocycles. The Hall–Kier alpha value is -13.2. The summed E-state index contributed by atoms with van der Waals surface area (Å²) < 4.78 is 7.33. The smallest absolute Gasteiger partial charge is 0.160 e. The maximum atomic E-state index is 5.71. The van der Waals surface area contributed by atoms with Crippen molar-refractivity contribution < 1.29 is 0 Å². The third kappa shape index (κ3) is 9.12. The lowest BCUT2D eigenvalue weighted by Crippen LogP contribution is -2.14. The molecule has 0 fully saturated rings. The minimum atomic E-state index is -0.118. The van der Waals surface area contributed by atoms with Crippen LogP contribution in [0.2, 0.25) is 0 Å². The van der Waals surface area contributed by atoms with E-state index in [2.05, 4.69) is 389 Å². The predicted octanol–water partition coefficient (Wildman–Crippen LogP) is 26.7. The molecule has 5 nitrogen and oxygen atoms in total. The van der Waals surface area contributed by atoms with E-state index in [1.807, 2.05) is 0 Å². The van der Waals surface area contributed by atoms with Gasteiger partial charge >= 0.3 is 0 Å². The number of hydrogen-bond acceptors (Lipinski definition) is 2. The summed E-state index contributed by atoms with van der Waals surface area (Å²) in [6.07, 6.45) is 0. The molecule has 22 rings (SSSR count). The van der Waals surface area contributed by atoms with E-state index in [0.29, 0.717) is 5.82 Å². The zero-order valence-electron chi connectivity index (χ0n) is 61.0. The molecule has 0 radical (unpaired) electrons. The molecule has 0 amide bonds. The molecule has 0 saturated carbocycles. The van der Waals surface area contributed by atoms with Crippen molar-refractivity contribution in [3.8, 4) is 118 Å². The summed E-state index contributed by atoms with van der Waals surface area (Å²) in [7, 11) is 0. The highest BCUT2D eigenvalue weighted by molar-refractivity contribution is 6.13. The van der Waals surface area contributed by atoms with E-state index >= 15 is 0 Å². The summed E-state index contributed by atoms with van der Waals surface area (Å²) in [5.74, 6) is 0.632. The van der Waals surface area contributed by atoms with E-state index in [0.717, 1.165) is 78.2 Å². The maximum absolute atomic E-state index is 5.71. The highest BCUT2D eigenvalue weighted by Crippen LogP contribution is 2.54. The molecule has 108 heavy (non-hydrogen) atoms. The van der Waals surface area contributed by atoms with Crippen LogP contribution in [0, 0.1) is 0 Å². The van der Waals surface area contributed by atoms with Gasteiger partial charge in [0.2, 0.25) is 0 Å². The van der Waals surface area contributed by atoms with Crippen LogP contribution in [0.1, 0.15) is 74.9 Å². The van der Waals surface area contributed by atoms with E-state index < -0.39 is 0 Å². The predicted molar refractivity (Wildman–Crippen MR) is 450 cm³/mol. The fraction of sp³-hybridized carbons (Fsp3) is 0.0874. The first-order valence-electron chi connectivity index (χ1n) is 37.8. The minimum Gasteiger partial charge on any atom is -0.309 e. The third-order valence-corrected chi connectivity index (χ3v) is 24.7. The maximum Gasteiger partial charge on any atom is 0.160 e. The van der Waals surface area contributed by atoms with Crippen molar-refractivity contribution in [3.63, 3.8) is 0 Å². The van der Waals surface area contributed by atoms with Gasteiger partial charge in [0, 0.05) is 82.3 Å². The molecule has 4 aromatic heterocycles. The van der Waals surface area contributed by atoms with Gasteiger partial charge in [-0.2, -0.15) is 0 Å². The molecule has 510 valence electrons. The third-order valence-electron chi connectivity index (χ3n) is 24.7. The minimum absolute atomic E-state index is 0.117. The van der Waals surface area contributed by atoms with Crippen LogP contribution < -0.4 is 0 Å². The number of para-hydroxylation sites is 3. The van der Waals surface area contributed by atoms with Crippen LogP contribution in [-0.2, 0) is 16.2 Å². The highest BCUT2D eigenvalue weighted by atomic mass is 15.0. The molecule has 3 aliphatic rings. The Morgan fingerprint density at radius 3 is 0.833 bits per heavy atom. The molecule has 0 atom stereocenters. The van der Waals surface area contributed by atoms with Crippen LogP contribution >= 0.6 is 0 Å². The van der Waals surface area contributed by atoms with Crippen LogP contribution in [0.25, 0.3) is 183 Å². The van der Waals surface area contributed by atoms with E-state index in [-0.39, 0.29) is 16.2 Å². The lowest BCUT2D eigenvalue weighted by atomic mass is 9.81. The highest BCUT2D eigenvalue weighted by Gasteiger charge is 2.38. The molecule has 4 heterocycles. The normalized spacial score (nSPS) is 14.1. The largest absolute Gasteiger partial charge is 0.309 e. The Morgan fingerprint density at radius 1 is 0.194 bits per heavy atom. The van der Waals surface area contributed by atoms with E-state index in [9.17, 15) is 0 Å². The van der Waals surface area contributed by atoms with Gasteiger partial charge in [0.05, 0.1) is 44.5 Å². The fourth-order valence-electron chi connectivity index (χ4n) is 19.2. The van der Waals surface area contributed by atoms with Gasteiger partial charge in [0.25, 0.3) is 0 Å². The second-order valence-corrected chi connectivity index (χ2v) is 31.7. The first-order valence-corrected chi connectivity index (χ1v) is 37.8. The fourth-order valence-corrected chi connectivity index (χ4v) is 19.2. The number of hydrogen-bond donors (Lipinski definition) is 0. The molecule has 0 bridgehead atoms. The van der Waals surface area contributed by atoms with Crippen LogP contribution in [0.5, 0.6) is 0 Å². The number of nitrogens with zero attached hydrogens (tertiary/aromatic N) is 5. The van der Waals surface area contributed by atoms with E-state index in [1.54, 1.807) is 0 Å². The molecular weight excluding hydrogens is 1310 g/mol. The van der Waals surface area contributed by atoms with Gasteiger partial charge < -0.3 is 13.7 Å². The average Bonchev–Trinajstić information content (AvgIpc) is 1.53. The van der Waals surface area contributed by atoms with Gasteiger partial charge in [-0.15, -0.1) is 0 Å². The summed E-state index contributed by atoms with van der Waals surface area (Å²) in [4.78, 5) is 11.4. The Bertz CT molecular complexity index is 6420. The van der Waals surface area contributed by atoms with Gasteiger partial charge in [-0.3, -0.25) is 0 Å². The Labute approximate surface area is 627 Å². The van der Waals surface area contributed by atoms with Crippen molar-refractivity contribution in [2.24, 2.45) is 0 Å². The molecule has 5 heteroatoms. The zero-order chi connectivity index (χ0) is 72.1. The van der Waals surface area contributed by atoms with Gasteiger partial charge in [-0.1, -0.05) is 278 Å². The molecule has 0 unspecified atom stereocenters. The first-order chi connectivity index (χ1) is 52.8. The second-order valence-electron chi connectivity index (χ2n) is 31.7. The Morgan fingerprint density at radius 2 is 0.472 bits per heavy atom. The molecule has 3 aliphatic carbocycles. The van der Waals surface area contributed by atoms with Crippen molar-refractivity contribution in [2.75, 3.05) is 0 Å². The topological polar surface area (TPSA) is 40.6 Å². The molecule has 0 saturated heterocycles. The quantitative estimate of drug-likeness (QED) is 0.144. The van der Waals surface area contributed by atoms with Crippen LogP contribution in [0.15, 0.2) is 334 Å². The number of benzene rings is 15. The van der Waals surface area contributed by atoms with Crippen molar-refractivity contribution in [1.82, 2.24) is 23.7 Å². The summed E-state index contributed by atoms with van der Waals surface area (Å²) in [5, 5.41) is 7.22. The van der Waals surface area contributed by atoms with Gasteiger partial charge in [0.1, 0.15) is 0 Å². The van der Waals surface area contributed by atoms with Crippen LogP contribution in [-0.4, -0.2) is 23.7 Å². The number of rotatable bonds is 9. The monoisotopic (exact) mass is 1380 g/mol. The summed E-state index contributed by atoms with van der Waals surface area (Å²) in [6.45, 7) is 14.2. The van der Waals surface area contributed by atoms with Gasteiger partial charge in [0.15, 0.2) is 5.82 Å². The van der Waals surface area contributed by atoms with Crippen molar-refractivity contribution >= 4 is 65.4 Å². The first kappa shape index (κ1) is 62.2. The number of aromatic nitrogens is 5. The van der Waals surface area contributed by atoms with Crippen molar-refractivity contribution in [2.45, 2.75) is 57.8 Å². The average molecular weight is 1380 g/mol. The molecule has 0 spiro atoms. The van der Waals surface area contributed by atoms with E-state index in [4.69, 9.17) is 9.97 Å². The van der Waals surface area contributed by atoms with Gasteiger partial charge in [-0.25, -0.2) is 9.97 Å². The van der Waals surface area contributed by atoms with E-state index in [1.165, 1.54) is 132 Å². The second kappa shape index (κ2) is 22.9. The van der Waals surface area contributed by atoms with Crippen molar-refractivity contribution in [3.05, 3.63) is 367 Å². The summed E-state index contributed by atoms with van der Waals surface area (Å²) in [5.41, 5.74) is 37.5. The van der Waals surface area contributed by atoms with Gasteiger partial charge in [-0.05, 0) is 197 Å². The molecular formula is C103H73N5. The molecule has 15 aromatic carbocycles.